The maximum Gasteiger partial charge on any atom is 0.306 e. The molecule has 0 saturated heterocycles. The molecule has 1 aliphatic carbocycles. The zero-order valence-electron chi connectivity index (χ0n) is 8.74. The van der Waals surface area contributed by atoms with E-state index in [-0.39, 0.29) is 5.92 Å². The highest BCUT2D eigenvalue weighted by Gasteiger charge is 2.28. The van der Waals surface area contributed by atoms with Gasteiger partial charge in [0.2, 0.25) is 0 Å². The summed E-state index contributed by atoms with van der Waals surface area (Å²) in [5.74, 6) is -0.350. The predicted octanol–water partition coefficient (Wildman–Crippen LogP) is 2.01. The van der Waals surface area contributed by atoms with Crippen LogP contribution < -0.4 is 5.73 Å². The molecule has 3 N–H and O–H groups in total. The number of aliphatic carboxylic acids is 1. The van der Waals surface area contributed by atoms with Gasteiger partial charge in [0.25, 0.3) is 0 Å². The van der Waals surface area contributed by atoms with Crippen LogP contribution in [0, 0.1) is 11.8 Å². The molecule has 0 amide bonds. The maximum atomic E-state index is 11.1. The van der Waals surface area contributed by atoms with Crippen LogP contribution in [0.25, 0.3) is 0 Å². The lowest BCUT2D eigenvalue weighted by Crippen LogP contribution is -2.26. The van der Waals surface area contributed by atoms with Crippen LogP contribution in [-0.4, -0.2) is 17.6 Å². The summed E-state index contributed by atoms with van der Waals surface area (Å²) in [4.78, 5) is 11.1. The molecule has 82 valence electrons. The number of rotatable bonds is 5. The van der Waals surface area contributed by atoms with Gasteiger partial charge >= 0.3 is 5.97 Å². The Labute approximate surface area is 85.7 Å². The van der Waals surface area contributed by atoms with Crippen molar-refractivity contribution in [1.29, 1.82) is 0 Å². The van der Waals surface area contributed by atoms with Gasteiger partial charge < -0.3 is 10.8 Å². The van der Waals surface area contributed by atoms with Gasteiger partial charge in [-0.25, -0.2) is 0 Å². The van der Waals surface area contributed by atoms with E-state index in [1.807, 2.05) is 0 Å². The summed E-state index contributed by atoms with van der Waals surface area (Å²) in [6.07, 6.45) is 7.49. The summed E-state index contributed by atoms with van der Waals surface area (Å²) in [6, 6.07) is 0. The molecule has 0 aromatic heterocycles. The summed E-state index contributed by atoms with van der Waals surface area (Å²) in [7, 11) is 0. The molecule has 1 unspecified atom stereocenters. The lowest BCUT2D eigenvalue weighted by Gasteiger charge is -2.27. The highest BCUT2D eigenvalue weighted by Crippen LogP contribution is 2.32. The average molecular weight is 199 g/mol. The Hall–Kier alpha value is -0.570. The van der Waals surface area contributed by atoms with Gasteiger partial charge in [-0.15, -0.1) is 0 Å². The van der Waals surface area contributed by atoms with Gasteiger partial charge in [0, 0.05) is 0 Å². The van der Waals surface area contributed by atoms with Gasteiger partial charge in [-0.2, -0.15) is 0 Å². The molecule has 0 aliphatic heterocycles. The van der Waals surface area contributed by atoms with Gasteiger partial charge in [0.15, 0.2) is 0 Å². The van der Waals surface area contributed by atoms with Gasteiger partial charge in [-0.1, -0.05) is 19.3 Å². The zero-order chi connectivity index (χ0) is 10.4. The lowest BCUT2D eigenvalue weighted by atomic mass is 9.78. The Bertz CT molecular complexity index is 176. The molecule has 0 spiro atoms. The fourth-order valence-corrected chi connectivity index (χ4v) is 2.44. The first-order valence-electron chi connectivity index (χ1n) is 5.68. The number of nitrogens with two attached hydrogens (primary N) is 1. The summed E-state index contributed by atoms with van der Waals surface area (Å²) in [5.41, 5.74) is 5.41. The third-order valence-electron chi connectivity index (χ3n) is 3.26. The second-order valence-electron chi connectivity index (χ2n) is 4.27. The van der Waals surface area contributed by atoms with E-state index in [0.29, 0.717) is 12.5 Å². The fraction of sp³-hybridized carbons (Fsp3) is 0.909. The summed E-state index contributed by atoms with van der Waals surface area (Å²) >= 11 is 0. The molecule has 1 aliphatic rings. The smallest absolute Gasteiger partial charge is 0.306 e. The van der Waals surface area contributed by atoms with Crippen molar-refractivity contribution in [3.63, 3.8) is 0 Å². The third-order valence-corrected chi connectivity index (χ3v) is 3.26. The topological polar surface area (TPSA) is 63.3 Å². The molecule has 1 rings (SSSR count). The van der Waals surface area contributed by atoms with Crippen LogP contribution in [0.1, 0.15) is 44.9 Å². The van der Waals surface area contributed by atoms with Crippen LogP contribution >= 0.6 is 0 Å². The average Bonchev–Trinajstić information content (AvgIpc) is 2.19. The number of hydrogen-bond donors (Lipinski definition) is 2. The molecule has 0 aromatic carbocycles. The van der Waals surface area contributed by atoms with Crippen molar-refractivity contribution < 1.29 is 9.90 Å². The Morgan fingerprint density at radius 2 is 2.00 bits per heavy atom. The summed E-state index contributed by atoms with van der Waals surface area (Å²) in [5, 5.41) is 9.11. The molecule has 0 radical (unpaired) electrons. The first-order chi connectivity index (χ1) is 6.75. The Balaban J connectivity index is 2.43. The molecule has 14 heavy (non-hydrogen) atoms. The normalized spacial score (nSPS) is 20.6. The predicted molar refractivity (Wildman–Crippen MR) is 56.0 cm³/mol. The van der Waals surface area contributed by atoms with Crippen LogP contribution in [0.2, 0.25) is 0 Å². The van der Waals surface area contributed by atoms with Gasteiger partial charge in [0.05, 0.1) is 5.92 Å². The van der Waals surface area contributed by atoms with E-state index in [1.54, 1.807) is 0 Å². The number of carboxylic acid groups (broad SMARTS) is 1. The second kappa shape index (κ2) is 6.02. The van der Waals surface area contributed by atoms with E-state index in [4.69, 9.17) is 10.8 Å². The Morgan fingerprint density at radius 3 is 2.50 bits per heavy atom. The van der Waals surface area contributed by atoms with Crippen molar-refractivity contribution in [3.05, 3.63) is 0 Å². The minimum atomic E-state index is -0.620. The quantitative estimate of drug-likeness (QED) is 0.712. The third kappa shape index (κ3) is 3.29. The van der Waals surface area contributed by atoms with Crippen LogP contribution in [0.4, 0.5) is 0 Å². The minimum absolute atomic E-state index is 0.140. The number of carbonyl (C=O) groups is 1. The zero-order valence-corrected chi connectivity index (χ0v) is 8.74. The van der Waals surface area contributed by atoms with Crippen LogP contribution in [-0.2, 0) is 4.79 Å². The van der Waals surface area contributed by atoms with Crippen molar-refractivity contribution >= 4 is 5.97 Å². The molecule has 3 heteroatoms. The first kappa shape index (κ1) is 11.5. The van der Waals surface area contributed by atoms with Gasteiger partial charge in [0.1, 0.15) is 0 Å². The lowest BCUT2D eigenvalue weighted by molar-refractivity contribution is -0.144. The maximum absolute atomic E-state index is 11.1. The second-order valence-corrected chi connectivity index (χ2v) is 4.27. The fourth-order valence-electron chi connectivity index (χ4n) is 2.44. The molecular formula is C11H21NO2. The highest BCUT2D eigenvalue weighted by atomic mass is 16.4. The minimum Gasteiger partial charge on any atom is -0.481 e. The van der Waals surface area contributed by atoms with E-state index < -0.39 is 5.97 Å². The largest absolute Gasteiger partial charge is 0.481 e. The van der Waals surface area contributed by atoms with Crippen LogP contribution in [0.3, 0.4) is 0 Å². The van der Waals surface area contributed by atoms with E-state index in [1.165, 1.54) is 19.3 Å². The van der Waals surface area contributed by atoms with Gasteiger partial charge in [-0.05, 0) is 38.1 Å². The SMILES string of the molecule is NCCCC(C(=O)O)C1CCCCC1. The molecule has 3 nitrogen and oxygen atoms in total. The number of carboxylic acids is 1. The Kier molecular flexibility index (Phi) is 4.94. The van der Waals surface area contributed by atoms with Crippen molar-refractivity contribution in [3.8, 4) is 0 Å². The monoisotopic (exact) mass is 199 g/mol. The van der Waals surface area contributed by atoms with E-state index >= 15 is 0 Å². The van der Waals surface area contributed by atoms with Gasteiger partial charge in [-0.3, -0.25) is 4.79 Å². The molecule has 1 atom stereocenters. The van der Waals surface area contributed by atoms with Crippen molar-refractivity contribution in [2.75, 3.05) is 6.54 Å². The molecule has 0 aromatic rings. The summed E-state index contributed by atoms with van der Waals surface area (Å²) in [6.45, 7) is 0.608. The van der Waals surface area contributed by atoms with E-state index in [0.717, 1.165) is 25.7 Å². The van der Waals surface area contributed by atoms with E-state index in [9.17, 15) is 4.79 Å². The summed E-state index contributed by atoms with van der Waals surface area (Å²) < 4.78 is 0. The molecular weight excluding hydrogens is 178 g/mol. The first-order valence-corrected chi connectivity index (χ1v) is 5.68. The van der Waals surface area contributed by atoms with Crippen molar-refractivity contribution in [2.45, 2.75) is 44.9 Å². The molecule has 1 fully saturated rings. The van der Waals surface area contributed by atoms with Crippen LogP contribution in [0.15, 0.2) is 0 Å². The molecule has 1 saturated carbocycles. The molecule has 0 heterocycles. The van der Waals surface area contributed by atoms with E-state index in [2.05, 4.69) is 0 Å². The van der Waals surface area contributed by atoms with Crippen LogP contribution in [0.5, 0.6) is 0 Å². The highest BCUT2D eigenvalue weighted by molar-refractivity contribution is 5.70. The van der Waals surface area contributed by atoms with Crippen molar-refractivity contribution in [2.24, 2.45) is 17.6 Å². The van der Waals surface area contributed by atoms with Crippen molar-refractivity contribution in [1.82, 2.24) is 0 Å². The molecule has 0 bridgehead atoms. The standard InChI is InChI=1S/C11H21NO2/c12-8-4-7-10(11(13)14)9-5-2-1-3-6-9/h9-10H,1-8,12H2,(H,13,14). The number of hydrogen-bond acceptors (Lipinski definition) is 2. The Morgan fingerprint density at radius 1 is 1.36 bits per heavy atom.